The average Bonchev–Trinajstić information content (AvgIpc) is 3.16. The number of carbonyl (C=O) groups excluding carboxylic acids is 1. The first-order valence-electron chi connectivity index (χ1n) is 7.67. The van der Waals surface area contributed by atoms with Crippen LogP contribution in [0.3, 0.4) is 0 Å². The Morgan fingerprint density at radius 3 is 2.65 bits per heavy atom. The Balaban J connectivity index is 1.57. The second-order valence-corrected chi connectivity index (χ2v) is 6.05. The maximum Gasteiger partial charge on any atom is 0.234 e. The molecular formula is C17H17N5O3S. The van der Waals surface area contributed by atoms with Crippen molar-refractivity contribution < 1.29 is 14.3 Å². The number of ether oxygens (including phenoxy) is 2. The lowest BCUT2D eigenvalue weighted by Crippen LogP contribution is -2.14. The molecule has 0 atom stereocenters. The topological polar surface area (TPSA) is 102 Å². The van der Waals surface area contributed by atoms with Gasteiger partial charge in [-0.2, -0.15) is 0 Å². The quantitative estimate of drug-likeness (QED) is 0.616. The molecule has 1 aromatic carbocycles. The summed E-state index contributed by atoms with van der Waals surface area (Å²) in [5.41, 5.74) is 1.51. The maximum atomic E-state index is 12.1. The summed E-state index contributed by atoms with van der Waals surface area (Å²) in [4.78, 5) is 20.5. The number of aromatic nitrogens is 4. The van der Waals surface area contributed by atoms with Gasteiger partial charge >= 0.3 is 0 Å². The normalized spacial score (nSPS) is 10.4. The van der Waals surface area contributed by atoms with Crippen molar-refractivity contribution in [1.82, 2.24) is 20.2 Å². The van der Waals surface area contributed by atoms with Crippen LogP contribution in [-0.4, -0.2) is 46.0 Å². The summed E-state index contributed by atoms with van der Waals surface area (Å²) in [6.45, 7) is 0. The predicted octanol–water partition coefficient (Wildman–Crippen LogP) is 2.61. The Morgan fingerprint density at radius 1 is 1.15 bits per heavy atom. The van der Waals surface area contributed by atoms with E-state index < -0.39 is 0 Å². The summed E-state index contributed by atoms with van der Waals surface area (Å²) in [5, 5.41) is 10.3. The molecule has 1 amide bonds. The number of nitrogens with one attached hydrogen (secondary N) is 2. The molecule has 3 rings (SSSR count). The summed E-state index contributed by atoms with van der Waals surface area (Å²) < 4.78 is 10.4. The number of H-pyrrole nitrogens is 1. The molecule has 0 aliphatic heterocycles. The van der Waals surface area contributed by atoms with Gasteiger partial charge in [-0.15, -0.1) is 5.10 Å². The van der Waals surface area contributed by atoms with Crippen LogP contribution in [0.1, 0.15) is 0 Å². The zero-order valence-electron chi connectivity index (χ0n) is 14.2. The highest BCUT2D eigenvalue weighted by atomic mass is 32.2. The molecular weight excluding hydrogens is 354 g/mol. The zero-order chi connectivity index (χ0) is 18.4. The van der Waals surface area contributed by atoms with Gasteiger partial charge in [-0.25, -0.2) is 4.98 Å². The van der Waals surface area contributed by atoms with Gasteiger partial charge in [-0.05, 0) is 24.3 Å². The van der Waals surface area contributed by atoms with E-state index in [0.717, 1.165) is 5.56 Å². The maximum absolute atomic E-state index is 12.1. The molecule has 9 heteroatoms. The van der Waals surface area contributed by atoms with Gasteiger partial charge in [0.2, 0.25) is 11.1 Å². The van der Waals surface area contributed by atoms with Gasteiger partial charge in [0.05, 0.1) is 20.0 Å². The molecule has 134 valence electrons. The second kappa shape index (κ2) is 8.34. The van der Waals surface area contributed by atoms with Crippen LogP contribution in [0.4, 0.5) is 5.69 Å². The van der Waals surface area contributed by atoms with Gasteiger partial charge in [-0.3, -0.25) is 14.9 Å². The summed E-state index contributed by atoms with van der Waals surface area (Å²) in [5.74, 6) is 1.80. The number of carbonyl (C=O) groups is 1. The molecule has 0 fully saturated rings. The molecule has 0 aliphatic rings. The number of hydrogen-bond donors (Lipinski definition) is 2. The summed E-state index contributed by atoms with van der Waals surface area (Å²) >= 11 is 1.24. The largest absolute Gasteiger partial charge is 0.493 e. The van der Waals surface area contributed by atoms with E-state index in [0.29, 0.717) is 28.2 Å². The fourth-order valence-electron chi connectivity index (χ4n) is 2.19. The third-order valence-corrected chi connectivity index (χ3v) is 4.27. The summed E-state index contributed by atoms with van der Waals surface area (Å²) in [6.07, 6.45) is 3.36. The number of hydrogen-bond acceptors (Lipinski definition) is 7. The van der Waals surface area contributed by atoms with Gasteiger partial charge in [0.25, 0.3) is 0 Å². The summed E-state index contributed by atoms with van der Waals surface area (Å²) in [7, 11) is 3.10. The highest BCUT2D eigenvalue weighted by molar-refractivity contribution is 7.99. The Hall–Kier alpha value is -3.07. The van der Waals surface area contributed by atoms with Crippen molar-refractivity contribution in [2.45, 2.75) is 5.16 Å². The Labute approximate surface area is 154 Å². The van der Waals surface area contributed by atoms with Gasteiger partial charge in [-0.1, -0.05) is 11.8 Å². The molecule has 2 heterocycles. The molecule has 3 aromatic rings. The second-order valence-electron chi connectivity index (χ2n) is 5.11. The van der Waals surface area contributed by atoms with Crippen molar-refractivity contribution in [3.05, 3.63) is 42.7 Å². The fraction of sp³-hybridized carbons (Fsp3) is 0.176. The van der Waals surface area contributed by atoms with Gasteiger partial charge < -0.3 is 14.8 Å². The average molecular weight is 371 g/mol. The van der Waals surface area contributed by atoms with Crippen LogP contribution >= 0.6 is 11.8 Å². The van der Waals surface area contributed by atoms with E-state index in [1.165, 1.54) is 11.8 Å². The molecule has 0 saturated heterocycles. The third-order valence-electron chi connectivity index (χ3n) is 3.42. The van der Waals surface area contributed by atoms with Gasteiger partial charge in [0.1, 0.15) is 0 Å². The van der Waals surface area contributed by atoms with Crippen LogP contribution in [0.25, 0.3) is 11.4 Å². The SMILES string of the molecule is COc1ccc(NC(=O)CSc2n[nH]c(-c3ccncc3)n2)cc1OC. The number of rotatable bonds is 7. The third kappa shape index (κ3) is 4.31. The Morgan fingerprint density at radius 2 is 1.92 bits per heavy atom. The lowest BCUT2D eigenvalue weighted by Gasteiger charge is -2.10. The number of aromatic amines is 1. The molecule has 0 saturated carbocycles. The number of benzene rings is 1. The van der Waals surface area contributed by atoms with E-state index in [4.69, 9.17) is 9.47 Å². The standard InChI is InChI=1S/C17H17N5O3S/c1-24-13-4-3-12(9-14(13)25-2)19-15(23)10-26-17-20-16(21-22-17)11-5-7-18-8-6-11/h3-9H,10H2,1-2H3,(H,19,23)(H,20,21,22). The molecule has 0 aliphatic carbocycles. The van der Waals surface area contributed by atoms with E-state index in [-0.39, 0.29) is 11.7 Å². The number of anilines is 1. The number of amides is 1. The van der Waals surface area contributed by atoms with Crippen molar-refractivity contribution >= 4 is 23.4 Å². The Kier molecular flexibility index (Phi) is 5.69. The minimum atomic E-state index is -0.169. The van der Waals surface area contributed by atoms with Crippen molar-refractivity contribution in [2.75, 3.05) is 25.3 Å². The summed E-state index contributed by atoms with van der Waals surface area (Å²) in [6, 6.07) is 8.85. The number of pyridine rings is 1. The monoisotopic (exact) mass is 371 g/mol. The minimum absolute atomic E-state index is 0.169. The van der Waals surface area contributed by atoms with E-state index in [9.17, 15) is 4.79 Å². The first-order valence-corrected chi connectivity index (χ1v) is 8.65. The zero-order valence-corrected chi connectivity index (χ0v) is 15.0. The first kappa shape index (κ1) is 17.7. The number of nitrogens with zero attached hydrogens (tertiary/aromatic N) is 3. The van der Waals surface area contributed by atoms with Crippen molar-refractivity contribution in [3.8, 4) is 22.9 Å². The lowest BCUT2D eigenvalue weighted by atomic mass is 10.2. The number of methoxy groups -OCH3 is 2. The van der Waals surface area contributed by atoms with Crippen molar-refractivity contribution in [2.24, 2.45) is 0 Å². The molecule has 0 unspecified atom stereocenters. The minimum Gasteiger partial charge on any atom is -0.493 e. The molecule has 26 heavy (non-hydrogen) atoms. The van der Waals surface area contributed by atoms with Crippen molar-refractivity contribution in [1.29, 1.82) is 0 Å². The predicted molar refractivity (Wildman–Crippen MR) is 98.5 cm³/mol. The smallest absolute Gasteiger partial charge is 0.234 e. The van der Waals surface area contributed by atoms with E-state index >= 15 is 0 Å². The van der Waals surface area contributed by atoms with Crippen LogP contribution in [0, 0.1) is 0 Å². The number of thioether (sulfide) groups is 1. The van der Waals surface area contributed by atoms with E-state index in [2.05, 4.69) is 25.5 Å². The molecule has 2 N–H and O–H groups in total. The highest BCUT2D eigenvalue weighted by Crippen LogP contribution is 2.29. The van der Waals surface area contributed by atoms with Crippen LogP contribution in [0.2, 0.25) is 0 Å². The molecule has 0 spiro atoms. The molecule has 2 aromatic heterocycles. The molecule has 0 radical (unpaired) electrons. The molecule has 8 nitrogen and oxygen atoms in total. The van der Waals surface area contributed by atoms with Crippen LogP contribution in [-0.2, 0) is 4.79 Å². The van der Waals surface area contributed by atoms with Crippen LogP contribution < -0.4 is 14.8 Å². The highest BCUT2D eigenvalue weighted by Gasteiger charge is 2.11. The Bertz CT molecular complexity index is 885. The lowest BCUT2D eigenvalue weighted by molar-refractivity contribution is -0.113. The van der Waals surface area contributed by atoms with Gasteiger partial charge in [0.15, 0.2) is 17.3 Å². The van der Waals surface area contributed by atoms with E-state index in [1.54, 1.807) is 44.8 Å². The molecule has 0 bridgehead atoms. The van der Waals surface area contributed by atoms with Crippen molar-refractivity contribution in [3.63, 3.8) is 0 Å². The van der Waals surface area contributed by atoms with Crippen LogP contribution in [0.5, 0.6) is 11.5 Å². The fourth-order valence-corrected chi connectivity index (χ4v) is 2.79. The van der Waals surface area contributed by atoms with E-state index in [1.807, 2.05) is 12.1 Å². The van der Waals surface area contributed by atoms with Crippen LogP contribution in [0.15, 0.2) is 47.9 Å². The first-order chi connectivity index (χ1) is 12.7. The van der Waals surface area contributed by atoms with Gasteiger partial charge in [0, 0.05) is 29.7 Å².